The highest BCUT2D eigenvalue weighted by atomic mass is 19.4. The highest BCUT2D eigenvalue weighted by molar-refractivity contribution is 5.72. The number of alkyl halides is 3. The minimum absolute atomic E-state index is 0.0918. The van der Waals surface area contributed by atoms with Crippen molar-refractivity contribution in [1.29, 1.82) is 0 Å². The minimum atomic E-state index is -4.22. The first-order valence-electron chi connectivity index (χ1n) is 4.82. The van der Waals surface area contributed by atoms with Gasteiger partial charge in [-0.15, -0.1) is 0 Å². The molecule has 0 aliphatic heterocycles. The zero-order chi connectivity index (χ0) is 12.5. The van der Waals surface area contributed by atoms with E-state index in [9.17, 15) is 13.2 Å². The fourth-order valence-electron chi connectivity index (χ4n) is 1.55. The van der Waals surface area contributed by atoms with Crippen molar-refractivity contribution in [2.45, 2.75) is 12.6 Å². The second-order valence-corrected chi connectivity index (χ2v) is 3.60. The largest absolute Gasteiger partial charge is 0.393 e. The van der Waals surface area contributed by atoms with Crippen molar-refractivity contribution in [3.05, 3.63) is 36.0 Å². The molecule has 1 heterocycles. The van der Waals surface area contributed by atoms with Gasteiger partial charge in [-0.1, -0.05) is 29.4 Å². The molecule has 0 saturated heterocycles. The molecule has 3 nitrogen and oxygen atoms in total. The van der Waals surface area contributed by atoms with Crippen LogP contribution in [0.25, 0.3) is 11.1 Å². The minimum Gasteiger partial charge on any atom is -0.367 e. The van der Waals surface area contributed by atoms with Crippen molar-refractivity contribution in [1.82, 2.24) is 5.16 Å². The van der Waals surface area contributed by atoms with Gasteiger partial charge in [0.1, 0.15) is 0 Å². The Morgan fingerprint density at radius 2 is 2.06 bits per heavy atom. The van der Waals surface area contributed by atoms with Crippen LogP contribution < -0.4 is 5.73 Å². The van der Waals surface area contributed by atoms with E-state index in [1.54, 1.807) is 12.1 Å². The molecule has 1 aromatic carbocycles. The topological polar surface area (TPSA) is 52.0 Å². The van der Waals surface area contributed by atoms with E-state index in [2.05, 4.69) is 9.68 Å². The maximum absolute atomic E-state index is 12.2. The maximum atomic E-state index is 12.2. The van der Waals surface area contributed by atoms with Crippen LogP contribution in [0, 0.1) is 0 Å². The van der Waals surface area contributed by atoms with Gasteiger partial charge < -0.3 is 10.3 Å². The smallest absolute Gasteiger partial charge is 0.367 e. The molecule has 0 unspecified atom stereocenters. The molecule has 0 aliphatic carbocycles. The molecule has 2 rings (SSSR count). The molecule has 0 aliphatic rings. The summed E-state index contributed by atoms with van der Waals surface area (Å²) in [6, 6.07) is 6.04. The van der Waals surface area contributed by atoms with Gasteiger partial charge in [-0.3, -0.25) is 0 Å². The Balaban J connectivity index is 2.32. The lowest BCUT2D eigenvalue weighted by Gasteiger charge is -2.07. The summed E-state index contributed by atoms with van der Waals surface area (Å²) in [5.74, 6) is 0.0918. The van der Waals surface area contributed by atoms with Crippen molar-refractivity contribution >= 4 is 5.88 Å². The zero-order valence-electron chi connectivity index (χ0n) is 8.66. The lowest BCUT2D eigenvalue weighted by molar-refractivity contribution is -0.127. The molecule has 17 heavy (non-hydrogen) atoms. The molecule has 0 fully saturated rings. The lowest BCUT2D eigenvalue weighted by Crippen LogP contribution is -2.11. The molecule has 0 atom stereocenters. The third-order valence-corrected chi connectivity index (χ3v) is 2.24. The van der Waals surface area contributed by atoms with Crippen molar-refractivity contribution < 1.29 is 17.7 Å². The summed E-state index contributed by atoms with van der Waals surface area (Å²) in [4.78, 5) is 0. The SMILES string of the molecule is Nc1oncc1-c1cccc(CC(F)(F)F)c1. The predicted molar refractivity (Wildman–Crippen MR) is 56.1 cm³/mol. The van der Waals surface area contributed by atoms with Crippen LogP contribution in [-0.2, 0) is 6.42 Å². The average molecular weight is 242 g/mol. The quantitative estimate of drug-likeness (QED) is 0.880. The van der Waals surface area contributed by atoms with Crippen LogP contribution >= 0.6 is 0 Å². The Kier molecular flexibility index (Phi) is 2.79. The molecular formula is C11H9F3N2O. The summed E-state index contributed by atoms with van der Waals surface area (Å²) < 4.78 is 41.4. The van der Waals surface area contributed by atoms with Crippen molar-refractivity contribution in [3.8, 4) is 11.1 Å². The van der Waals surface area contributed by atoms with Crippen LogP contribution in [0.3, 0.4) is 0 Å². The third-order valence-electron chi connectivity index (χ3n) is 2.24. The van der Waals surface area contributed by atoms with Gasteiger partial charge in [0.15, 0.2) is 0 Å². The number of halogens is 3. The van der Waals surface area contributed by atoms with Gasteiger partial charge in [-0.05, 0) is 11.1 Å². The van der Waals surface area contributed by atoms with Crippen LogP contribution in [0.2, 0.25) is 0 Å². The first-order chi connectivity index (χ1) is 7.96. The summed E-state index contributed by atoms with van der Waals surface area (Å²) in [6.45, 7) is 0. The number of nitrogen functional groups attached to an aromatic ring is 1. The predicted octanol–water partition coefficient (Wildman–Crippen LogP) is 3.03. The fraction of sp³-hybridized carbons (Fsp3) is 0.182. The Morgan fingerprint density at radius 1 is 1.29 bits per heavy atom. The van der Waals surface area contributed by atoms with Gasteiger partial charge in [0.2, 0.25) is 5.88 Å². The molecule has 0 saturated carbocycles. The molecular weight excluding hydrogens is 233 g/mol. The highest BCUT2D eigenvalue weighted by Crippen LogP contribution is 2.28. The Hall–Kier alpha value is -1.98. The van der Waals surface area contributed by atoms with E-state index >= 15 is 0 Å². The van der Waals surface area contributed by atoms with Gasteiger partial charge in [-0.2, -0.15) is 13.2 Å². The van der Waals surface area contributed by atoms with E-state index in [4.69, 9.17) is 5.73 Å². The van der Waals surface area contributed by atoms with Crippen LogP contribution in [0.1, 0.15) is 5.56 Å². The monoisotopic (exact) mass is 242 g/mol. The van der Waals surface area contributed by atoms with Gasteiger partial charge in [0, 0.05) is 0 Å². The van der Waals surface area contributed by atoms with Gasteiger partial charge in [0.05, 0.1) is 18.2 Å². The number of rotatable bonds is 2. The number of hydrogen-bond acceptors (Lipinski definition) is 3. The van der Waals surface area contributed by atoms with Crippen molar-refractivity contribution in [2.24, 2.45) is 0 Å². The summed E-state index contributed by atoms with van der Waals surface area (Å²) in [7, 11) is 0. The number of aromatic nitrogens is 1. The van der Waals surface area contributed by atoms with E-state index in [-0.39, 0.29) is 11.4 Å². The number of nitrogens with zero attached hydrogens (tertiary/aromatic N) is 1. The van der Waals surface area contributed by atoms with Gasteiger partial charge in [0.25, 0.3) is 0 Å². The summed E-state index contributed by atoms with van der Waals surface area (Å²) in [5, 5.41) is 3.48. The number of benzene rings is 1. The summed E-state index contributed by atoms with van der Waals surface area (Å²) in [5.41, 5.74) is 6.73. The third kappa shape index (κ3) is 2.77. The second kappa shape index (κ2) is 4.12. The summed E-state index contributed by atoms with van der Waals surface area (Å²) >= 11 is 0. The Labute approximate surface area is 95.0 Å². The molecule has 6 heteroatoms. The molecule has 2 N–H and O–H groups in total. The lowest BCUT2D eigenvalue weighted by atomic mass is 10.0. The van der Waals surface area contributed by atoms with E-state index in [0.29, 0.717) is 11.1 Å². The highest BCUT2D eigenvalue weighted by Gasteiger charge is 2.27. The zero-order valence-corrected chi connectivity index (χ0v) is 8.66. The normalized spacial score (nSPS) is 11.7. The molecule has 0 amide bonds. The van der Waals surface area contributed by atoms with E-state index < -0.39 is 12.6 Å². The standard InChI is InChI=1S/C11H9F3N2O/c12-11(13,14)5-7-2-1-3-8(4-7)9-6-16-17-10(9)15/h1-4,6H,5,15H2. The van der Waals surface area contributed by atoms with Crippen LogP contribution in [0.4, 0.5) is 19.1 Å². The van der Waals surface area contributed by atoms with E-state index in [1.807, 2.05) is 0 Å². The fourth-order valence-corrected chi connectivity index (χ4v) is 1.55. The van der Waals surface area contributed by atoms with Crippen molar-refractivity contribution in [3.63, 3.8) is 0 Å². The molecule has 90 valence electrons. The van der Waals surface area contributed by atoms with Crippen LogP contribution in [0.5, 0.6) is 0 Å². The van der Waals surface area contributed by atoms with E-state index in [0.717, 1.165) is 0 Å². The van der Waals surface area contributed by atoms with Crippen LogP contribution in [-0.4, -0.2) is 11.3 Å². The first kappa shape index (κ1) is 11.5. The number of hydrogen-bond donors (Lipinski definition) is 1. The van der Waals surface area contributed by atoms with E-state index in [1.165, 1.54) is 18.3 Å². The summed E-state index contributed by atoms with van der Waals surface area (Å²) in [6.07, 6.45) is -3.81. The Bertz CT molecular complexity index is 519. The molecule has 0 radical (unpaired) electrons. The van der Waals surface area contributed by atoms with Crippen molar-refractivity contribution in [2.75, 3.05) is 5.73 Å². The average Bonchev–Trinajstić information content (AvgIpc) is 2.62. The molecule has 0 bridgehead atoms. The Morgan fingerprint density at radius 3 is 2.65 bits per heavy atom. The molecule has 2 aromatic rings. The van der Waals surface area contributed by atoms with Gasteiger partial charge in [-0.25, -0.2) is 0 Å². The number of anilines is 1. The van der Waals surface area contributed by atoms with Crippen LogP contribution in [0.15, 0.2) is 35.0 Å². The number of nitrogens with two attached hydrogens (primary N) is 1. The second-order valence-electron chi connectivity index (χ2n) is 3.60. The molecule has 1 aromatic heterocycles. The van der Waals surface area contributed by atoms with Gasteiger partial charge >= 0.3 is 6.18 Å². The maximum Gasteiger partial charge on any atom is 0.393 e. The first-order valence-corrected chi connectivity index (χ1v) is 4.82. The molecule has 0 spiro atoms.